The van der Waals surface area contributed by atoms with Crippen molar-refractivity contribution in [2.24, 2.45) is 7.05 Å². The highest BCUT2D eigenvalue weighted by molar-refractivity contribution is 5.90. The molecule has 0 unspecified atom stereocenters. The fraction of sp³-hybridized carbons (Fsp3) is 0.188. The molecule has 0 aliphatic heterocycles. The van der Waals surface area contributed by atoms with Crippen molar-refractivity contribution in [3.05, 3.63) is 54.3 Å². The Bertz CT molecular complexity index is 852. The molecule has 2 aromatic heterocycles. The first-order chi connectivity index (χ1) is 11.5. The number of aromatic nitrogens is 3. The van der Waals surface area contributed by atoms with Crippen molar-refractivity contribution >= 4 is 11.6 Å². The van der Waals surface area contributed by atoms with Crippen LogP contribution in [0.3, 0.4) is 0 Å². The highest BCUT2D eigenvalue weighted by Gasteiger charge is 2.16. The van der Waals surface area contributed by atoms with E-state index < -0.39 is 11.6 Å². The minimum absolute atomic E-state index is 0.00623. The molecule has 0 fully saturated rings. The average molecular weight is 332 g/mol. The lowest BCUT2D eigenvalue weighted by molar-refractivity contribution is -0.116. The van der Waals surface area contributed by atoms with Crippen molar-refractivity contribution in [2.45, 2.75) is 12.8 Å². The lowest BCUT2D eigenvalue weighted by atomic mass is 10.1. The molecule has 0 saturated heterocycles. The summed E-state index contributed by atoms with van der Waals surface area (Å²) in [5, 5.41) is 6.62. The number of rotatable bonds is 5. The normalized spacial score (nSPS) is 10.8. The molecular weight excluding hydrogens is 318 g/mol. The number of aryl methyl sites for hydroxylation is 2. The van der Waals surface area contributed by atoms with Gasteiger partial charge in [0.25, 0.3) is 0 Å². The molecule has 3 rings (SSSR count). The van der Waals surface area contributed by atoms with Crippen LogP contribution < -0.4 is 5.32 Å². The molecule has 2 heterocycles. The summed E-state index contributed by atoms with van der Waals surface area (Å²) >= 11 is 0. The van der Waals surface area contributed by atoms with Crippen LogP contribution in [0.4, 0.5) is 14.5 Å². The minimum Gasteiger partial charge on any atom is -0.441 e. The van der Waals surface area contributed by atoms with E-state index in [2.05, 4.69) is 15.4 Å². The summed E-state index contributed by atoms with van der Waals surface area (Å²) in [5.74, 6) is -1.47. The summed E-state index contributed by atoms with van der Waals surface area (Å²) in [5.41, 5.74) is 0.320. The zero-order valence-electron chi connectivity index (χ0n) is 12.8. The van der Waals surface area contributed by atoms with Crippen LogP contribution in [0.1, 0.15) is 12.3 Å². The lowest BCUT2D eigenvalue weighted by Gasteiger charge is -2.01. The van der Waals surface area contributed by atoms with Gasteiger partial charge in [-0.15, -0.1) is 0 Å². The number of halogens is 2. The van der Waals surface area contributed by atoms with Crippen LogP contribution in [-0.4, -0.2) is 20.7 Å². The Kier molecular flexibility index (Phi) is 4.37. The van der Waals surface area contributed by atoms with Crippen LogP contribution in [0.5, 0.6) is 0 Å². The van der Waals surface area contributed by atoms with Gasteiger partial charge in [-0.05, 0) is 12.1 Å². The standard InChI is InChI=1S/C16H14F2N4O2/c1-22-9-10(7-20-22)21-14(23)5-6-15-19-8-13(24-15)16-11(17)3-2-4-12(16)18/h2-4,7-9H,5-6H2,1H3,(H,21,23). The van der Waals surface area contributed by atoms with E-state index >= 15 is 0 Å². The van der Waals surface area contributed by atoms with Gasteiger partial charge in [0.15, 0.2) is 11.7 Å². The third-order valence-corrected chi connectivity index (χ3v) is 3.32. The minimum atomic E-state index is -0.730. The first-order valence-corrected chi connectivity index (χ1v) is 7.20. The van der Waals surface area contributed by atoms with Crippen LogP contribution in [0.15, 0.2) is 41.2 Å². The molecule has 124 valence electrons. The van der Waals surface area contributed by atoms with E-state index in [0.29, 0.717) is 5.69 Å². The van der Waals surface area contributed by atoms with Crippen LogP contribution in [-0.2, 0) is 18.3 Å². The Morgan fingerprint density at radius 3 is 2.71 bits per heavy atom. The number of benzene rings is 1. The van der Waals surface area contributed by atoms with Crippen molar-refractivity contribution in [3.8, 4) is 11.3 Å². The maximum Gasteiger partial charge on any atom is 0.224 e. The quantitative estimate of drug-likeness (QED) is 0.780. The van der Waals surface area contributed by atoms with E-state index in [1.165, 1.54) is 18.5 Å². The summed E-state index contributed by atoms with van der Waals surface area (Å²) < 4.78 is 34.3. The van der Waals surface area contributed by atoms with Crippen LogP contribution in [0, 0.1) is 11.6 Å². The van der Waals surface area contributed by atoms with Crippen molar-refractivity contribution < 1.29 is 18.0 Å². The van der Waals surface area contributed by atoms with Gasteiger partial charge >= 0.3 is 0 Å². The first-order valence-electron chi connectivity index (χ1n) is 7.20. The topological polar surface area (TPSA) is 73.0 Å². The summed E-state index contributed by atoms with van der Waals surface area (Å²) in [4.78, 5) is 15.8. The van der Waals surface area contributed by atoms with E-state index in [1.54, 1.807) is 17.9 Å². The van der Waals surface area contributed by atoms with E-state index in [4.69, 9.17) is 4.42 Å². The average Bonchev–Trinajstić information content (AvgIpc) is 3.14. The Labute approximate surface area is 136 Å². The first kappa shape index (κ1) is 15.9. The fourth-order valence-corrected chi connectivity index (χ4v) is 2.20. The number of nitrogens with one attached hydrogen (secondary N) is 1. The maximum atomic E-state index is 13.7. The Hall–Kier alpha value is -3.03. The van der Waals surface area contributed by atoms with E-state index in [-0.39, 0.29) is 36.0 Å². The predicted octanol–water partition coefficient (Wildman–Crippen LogP) is 2.92. The van der Waals surface area contributed by atoms with Crippen molar-refractivity contribution in [1.29, 1.82) is 0 Å². The molecular formula is C16H14F2N4O2. The second-order valence-corrected chi connectivity index (χ2v) is 5.17. The van der Waals surface area contributed by atoms with Crippen molar-refractivity contribution in [1.82, 2.24) is 14.8 Å². The molecule has 0 spiro atoms. The monoisotopic (exact) mass is 332 g/mol. The molecule has 0 radical (unpaired) electrons. The summed E-state index contributed by atoms with van der Waals surface area (Å²) in [6.07, 6.45) is 4.77. The van der Waals surface area contributed by atoms with Gasteiger partial charge in [-0.3, -0.25) is 9.48 Å². The second-order valence-electron chi connectivity index (χ2n) is 5.17. The van der Waals surface area contributed by atoms with Crippen molar-refractivity contribution in [3.63, 3.8) is 0 Å². The van der Waals surface area contributed by atoms with Gasteiger partial charge in [0.1, 0.15) is 11.6 Å². The number of carbonyl (C=O) groups excluding carboxylic acids is 1. The molecule has 8 heteroatoms. The molecule has 3 aromatic rings. The fourth-order valence-electron chi connectivity index (χ4n) is 2.20. The van der Waals surface area contributed by atoms with Crippen molar-refractivity contribution in [2.75, 3.05) is 5.32 Å². The predicted molar refractivity (Wildman–Crippen MR) is 82.0 cm³/mol. The van der Waals surface area contributed by atoms with Gasteiger partial charge in [0, 0.05) is 26.1 Å². The Balaban J connectivity index is 1.63. The molecule has 0 atom stereocenters. The number of hydrogen-bond acceptors (Lipinski definition) is 4. The summed E-state index contributed by atoms with van der Waals surface area (Å²) in [6.45, 7) is 0. The molecule has 0 saturated carbocycles. The SMILES string of the molecule is Cn1cc(NC(=O)CCc2ncc(-c3c(F)cccc3F)o2)cn1. The van der Waals surface area contributed by atoms with Gasteiger partial charge in [0.2, 0.25) is 5.91 Å². The number of oxazole rings is 1. The maximum absolute atomic E-state index is 13.7. The van der Waals surface area contributed by atoms with Gasteiger partial charge in [0.05, 0.1) is 23.6 Å². The zero-order chi connectivity index (χ0) is 17.1. The lowest BCUT2D eigenvalue weighted by Crippen LogP contribution is -2.11. The third kappa shape index (κ3) is 3.48. The second kappa shape index (κ2) is 6.61. The zero-order valence-corrected chi connectivity index (χ0v) is 12.8. The van der Waals surface area contributed by atoms with Gasteiger partial charge in [-0.2, -0.15) is 5.10 Å². The van der Waals surface area contributed by atoms with Gasteiger partial charge < -0.3 is 9.73 Å². The van der Waals surface area contributed by atoms with Gasteiger partial charge in [-0.1, -0.05) is 6.07 Å². The number of carbonyl (C=O) groups is 1. The smallest absolute Gasteiger partial charge is 0.224 e. The molecule has 0 aliphatic carbocycles. The van der Waals surface area contributed by atoms with Crippen LogP contribution in [0.2, 0.25) is 0 Å². The van der Waals surface area contributed by atoms with Crippen LogP contribution >= 0.6 is 0 Å². The molecule has 6 nitrogen and oxygen atoms in total. The molecule has 1 amide bonds. The summed E-state index contributed by atoms with van der Waals surface area (Å²) in [7, 11) is 1.74. The van der Waals surface area contributed by atoms with E-state index in [0.717, 1.165) is 12.1 Å². The van der Waals surface area contributed by atoms with Crippen LogP contribution in [0.25, 0.3) is 11.3 Å². The number of amides is 1. The summed E-state index contributed by atoms with van der Waals surface area (Å²) in [6, 6.07) is 3.55. The highest BCUT2D eigenvalue weighted by atomic mass is 19.1. The number of hydrogen-bond donors (Lipinski definition) is 1. The van der Waals surface area contributed by atoms with E-state index in [9.17, 15) is 13.6 Å². The Morgan fingerprint density at radius 2 is 2.04 bits per heavy atom. The van der Waals surface area contributed by atoms with Gasteiger partial charge in [-0.25, -0.2) is 13.8 Å². The molecule has 1 N–H and O–H groups in total. The molecule has 0 bridgehead atoms. The largest absolute Gasteiger partial charge is 0.441 e. The highest BCUT2D eigenvalue weighted by Crippen LogP contribution is 2.26. The van der Waals surface area contributed by atoms with E-state index in [1.807, 2.05) is 0 Å². The third-order valence-electron chi connectivity index (χ3n) is 3.32. The number of nitrogens with zero attached hydrogens (tertiary/aromatic N) is 3. The molecule has 1 aromatic carbocycles. The molecule has 0 aliphatic rings. The Morgan fingerprint density at radius 1 is 1.29 bits per heavy atom. The molecule has 24 heavy (non-hydrogen) atoms. The number of anilines is 1.